The Morgan fingerprint density at radius 2 is 1.64 bits per heavy atom. The zero-order chi connectivity index (χ0) is 26.3. The van der Waals surface area contributed by atoms with E-state index in [0.29, 0.717) is 34.5 Å². The van der Waals surface area contributed by atoms with Crippen LogP contribution in [0, 0.1) is 50.7 Å². The lowest BCUT2D eigenvalue weighted by atomic mass is 9.41. The van der Waals surface area contributed by atoms with Gasteiger partial charge in [-0.25, -0.2) is 4.79 Å². The van der Waals surface area contributed by atoms with Crippen molar-refractivity contribution in [2.45, 2.75) is 111 Å². The summed E-state index contributed by atoms with van der Waals surface area (Å²) in [6.07, 6.45) is 12.6. The van der Waals surface area contributed by atoms with Crippen LogP contribution in [-0.4, -0.2) is 48.7 Å². The largest absolute Gasteiger partial charge is 0.466 e. The summed E-state index contributed by atoms with van der Waals surface area (Å²) in [5, 5.41) is 22.7. The highest BCUT2D eigenvalue weighted by atomic mass is 16.5. The first-order valence-corrected chi connectivity index (χ1v) is 14.5. The van der Waals surface area contributed by atoms with Crippen molar-refractivity contribution in [3.05, 3.63) is 12.2 Å². The minimum absolute atomic E-state index is 0.00734. The van der Waals surface area contributed by atoms with E-state index in [1.54, 1.807) is 7.11 Å². The van der Waals surface area contributed by atoms with Crippen molar-refractivity contribution in [1.82, 2.24) is 0 Å². The number of esters is 1. The second-order valence-corrected chi connectivity index (χ2v) is 14.5. The summed E-state index contributed by atoms with van der Waals surface area (Å²) in [7, 11) is 3.09. The molecule has 5 heteroatoms. The van der Waals surface area contributed by atoms with Gasteiger partial charge in [0.15, 0.2) is 0 Å². The molecule has 5 aliphatic carbocycles. The zero-order valence-electron chi connectivity index (χ0n) is 23.7. The van der Waals surface area contributed by atoms with Crippen LogP contribution < -0.4 is 0 Å². The maximum atomic E-state index is 11.8. The Morgan fingerprint density at radius 1 is 0.972 bits per heavy atom. The van der Waals surface area contributed by atoms with Crippen molar-refractivity contribution >= 4 is 5.97 Å². The molecule has 204 valence electrons. The van der Waals surface area contributed by atoms with Gasteiger partial charge in [-0.3, -0.25) is 0 Å². The molecule has 5 fully saturated rings. The van der Waals surface area contributed by atoms with E-state index in [2.05, 4.69) is 34.6 Å². The predicted octanol–water partition coefficient (Wildman–Crippen LogP) is 5.53. The fourth-order valence-corrected chi connectivity index (χ4v) is 11.3. The van der Waals surface area contributed by atoms with Gasteiger partial charge in [-0.1, -0.05) is 34.6 Å². The lowest BCUT2D eigenvalue weighted by Crippen LogP contribution is -2.59. The number of carbonyl (C=O) groups excluding carboxylic acids is 1. The Hall–Kier alpha value is -0.910. The van der Waals surface area contributed by atoms with Crippen LogP contribution in [0.1, 0.15) is 92.4 Å². The first-order valence-electron chi connectivity index (χ1n) is 14.5. The molecule has 0 aromatic rings. The second-order valence-electron chi connectivity index (χ2n) is 14.5. The Morgan fingerprint density at radius 3 is 2.31 bits per heavy atom. The number of methoxy groups -OCH3 is 2. The number of aliphatic hydroxyl groups is 2. The van der Waals surface area contributed by atoms with Crippen molar-refractivity contribution in [1.29, 1.82) is 0 Å². The average molecular weight is 503 g/mol. The molecule has 2 N–H and O–H groups in total. The SMILES string of the molecule is COC(=O)/C=C/C(C[C@@H](C)C1C[C@H](O)[C@@]2(C)C3CC[C@H]4C(C)(C)C(O)CCC45CC35CCC12C)OC. The van der Waals surface area contributed by atoms with Crippen LogP contribution in [-0.2, 0) is 14.3 Å². The van der Waals surface area contributed by atoms with Gasteiger partial charge in [0, 0.05) is 18.6 Å². The van der Waals surface area contributed by atoms with E-state index in [-0.39, 0.29) is 40.5 Å². The van der Waals surface area contributed by atoms with Gasteiger partial charge >= 0.3 is 5.97 Å². The maximum Gasteiger partial charge on any atom is 0.330 e. The Kier molecular flexibility index (Phi) is 6.34. The molecular formula is C31H50O5. The summed E-state index contributed by atoms with van der Waals surface area (Å²) in [6, 6.07) is 0. The van der Waals surface area contributed by atoms with Crippen LogP contribution in [0.15, 0.2) is 12.2 Å². The number of ether oxygens (including phenoxy) is 2. The van der Waals surface area contributed by atoms with E-state index in [4.69, 9.17) is 9.47 Å². The van der Waals surface area contributed by atoms with Crippen LogP contribution in [0.5, 0.6) is 0 Å². The molecule has 2 spiro atoms. The normalized spacial score (nSPS) is 50.4. The molecule has 5 nitrogen and oxygen atoms in total. The zero-order valence-corrected chi connectivity index (χ0v) is 23.7. The van der Waals surface area contributed by atoms with Crippen LogP contribution >= 0.6 is 0 Å². The smallest absolute Gasteiger partial charge is 0.330 e. The summed E-state index contributed by atoms with van der Waals surface area (Å²) < 4.78 is 10.5. The molecule has 0 saturated heterocycles. The molecule has 5 rings (SSSR count). The van der Waals surface area contributed by atoms with Crippen LogP contribution in [0.2, 0.25) is 0 Å². The summed E-state index contributed by atoms with van der Waals surface area (Å²) in [5.74, 6) is 1.62. The molecule has 0 aromatic heterocycles. The fraction of sp³-hybridized carbons (Fsp3) is 0.903. The quantitative estimate of drug-likeness (QED) is 0.369. The third-order valence-corrected chi connectivity index (χ3v) is 13.5. The Labute approximate surface area is 218 Å². The fourth-order valence-electron chi connectivity index (χ4n) is 11.3. The number of aliphatic hydroxyl groups excluding tert-OH is 2. The molecule has 0 heterocycles. The third kappa shape index (κ3) is 3.27. The van der Waals surface area contributed by atoms with Gasteiger partial charge < -0.3 is 19.7 Å². The first-order chi connectivity index (χ1) is 16.8. The van der Waals surface area contributed by atoms with Crippen LogP contribution in [0.25, 0.3) is 0 Å². The molecule has 5 aliphatic rings. The van der Waals surface area contributed by atoms with Gasteiger partial charge in [0.25, 0.3) is 0 Å². The summed E-state index contributed by atoms with van der Waals surface area (Å²) in [6.45, 7) is 11.9. The minimum Gasteiger partial charge on any atom is -0.466 e. The van der Waals surface area contributed by atoms with Crippen molar-refractivity contribution in [2.75, 3.05) is 14.2 Å². The lowest BCUT2D eigenvalue weighted by molar-refractivity contribution is -0.182. The molecule has 11 atom stereocenters. The van der Waals surface area contributed by atoms with E-state index in [9.17, 15) is 15.0 Å². The van der Waals surface area contributed by atoms with Gasteiger partial charge in [0.05, 0.1) is 25.4 Å². The van der Waals surface area contributed by atoms with Crippen LogP contribution in [0.4, 0.5) is 0 Å². The Bertz CT molecular complexity index is 913. The standard InChI is InChI=1S/C31H50O5/c1-19(16-20(35-6)8-11-26(34)36-7)21-17-25(33)29(5)23-10-9-22-27(2,3)24(32)12-13-30(22)18-31(23,30)15-14-28(21,29)4/h8,11,19-25,32-33H,9-10,12-18H2,1-7H3/b11-8+/t19-,20?,21?,22+,23?,24?,25+,28?,29-,30?,31?/m1/s1. The molecule has 0 amide bonds. The molecule has 36 heavy (non-hydrogen) atoms. The molecule has 7 unspecified atom stereocenters. The van der Waals surface area contributed by atoms with Crippen molar-refractivity contribution in [2.24, 2.45) is 50.7 Å². The number of fused-ring (bicyclic) bond motifs is 2. The lowest BCUT2D eigenvalue weighted by Gasteiger charge is -2.63. The molecule has 0 bridgehead atoms. The highest BCUT2D eigenvalue weighted by Crippen LogP contribution is 2.89. The van der Waals surface area contributed by atoms with Gasteiger partial charge in [-0.05, 0) is 109 Å². The number of hydrogen-bond acceptors (Lipinski definition) is 5. The van der Waals surface area contributed by atoms with E-state index in [0.717, 1.165) is 19.3 Å². The van der Waals surface area contributed by atoms with Gasteiger partial charge in [-0.15, -0.1) is 0 Å². The van der Waals surface area contributed by atoms with E-state index in [1.807, 2.05) is 6.08 Å². The monoisotopic (exact) mass is 502 g/mol. The third-order valence-electron chi connectivity index (χ3n) is 13.5. The summed E-state index contributed by atoms with van der Waals surface area (Å²) in [4.78, 5) is 11.6. The second kappa shape index (κ2) is 8.55. The predicted molar refractivity (Wildman–Crippen MR) is 140 cm³/mol. The average Bonchev–Trinajstić information content (AvgIpc) is 3.46. The van der Waals surface area contributed by atoms with Crippen molar-refractivity contribution < 1.29 is 24.5 Å². The van der Waals surface area contributed by atoms with Gasteiger partial charge in [-0.2, -0.15) is 0 Å². The van der Waals surface area contributed by atoms with Crippen molar-refractivity contribution in [3.8, 4) is 0 Å². The molecule has 5 saturated carbocycles. The molecule has 0 radical (unpaired) electrons. The molecular weight excluding hydrogens is 452 g/mol. The van der Waals surface area contributed by atoms with Gasteiger partial charge in [0.1, 0.15) is 0 Å². The van der Waals surface area contributed by atoms with E-state index >= 15 is 0 Å². The molecule has 0 aromatic carbocycles. The van der Waals surface area contributed by atoms with Gasteiger partial charge in [0.2, 0.25) is 0 Å². The van der Waals surface area contributed by atoms with E-state index < -0.39 is 0 Å². The topological polar surface area (TPSA) is 76.0 Å². The van der Waals surface area contributed by atoms with Crippen molar-refractivity contribution in [3.63, 3.8) is 0 Å². The first kappa shape index (κ1) is 26.7. The molecule has 0 aliphatic heterocycles. The number of hydrogen-bond donors (Lipinski definition) is 2. The summed E-state index contributed by atoms with van der Waals surface area (Å²) in [5.41, 5.74) is 0.744. The maximum absolute atomic E-state index is 11.8. The van der Waals surface area contributed by atoms with Crippen LogP contribution in [0.3, 0.4) is 0 Å². The Balaban J connectivity index is 1.40. The number of rotatable bonds is 6. The number of carbonyl (C=O) groups is 1. The highest BCUT2D eigenvalue weighted by molar-refractivity contribution is 5.81. The summed E-state index contributed by atoms with van der Waals surface area (Å²) >= 11 is 0. The minimum atomic E-state index is -0.356. The van der Waals surface area contributed by atoms with E-state index in [1.165, 1.54) is 51.7 Å². The highest BCUT2D eigenvalue weighted by Gasteiger charge is 2.83.